The molecule has 1 aliphatic rings. The number of amides is 11. The van der Waals surface area contributed by atoms with Crippen LogP contribution in [0.4, 0.5) is 4.39 Å². The van der Waals surface area contributed by atoms with E-state index in [9.17, 15) is 87.9 Å². The van der Waals surface area contributed by atoms with Crippen molar-refractivity contribution in [2.45, 2.75) is 164 Å². The average molecular weight is 1500 g/mol. The summed E-state index contributed by atoms with van der Waals surface area (Å²) in [5.74, 6) is -16.3. The SMILES string of the molecule is C[C@@H](O)[C@H](NC(=O)CNC(=O)[C@H](CCC(=O)O)NC(=O)[C@]1(C)CCCN1C(=O)[C@@H](N)Cc1c[nH]cn1)C(=O)NC(C)(Cc1ccccc1F)C(=O)N[C@H](C(=O)N[C@@H](CO)C(=O)N[C@@H](CC(=O)O)C(=O)N[C@@H](Cc1ccc(-c2ccccc2)cc1)C(=O)N[C@](C)(Cc1ccc(-c2ccccc2)cc1)C(N)=O)[C@@H](C)O. The van der Waals surface area contributed by atoms with Gasteiger partial charge in [0.25, 0.3) is 0 Å². The molecule has 7 rings (SSSR count). The van der Waals surface area contributed by atoms with Crippen molar-refractivity contribution < 1.29 is 92.3 Å². The van der Waals surface area contributed by atoms with E-state index in [0.717, 1.165) is 49.1 Å². The Balaban J connectivity index is 1.04. The molecule has 11 amide bonds. The molecular formula is C75H91FN14O18. The Kier molecular flexibility index (Phi) is 29.3. The van der Waals surface area contributed by atoms with E-state index in [0.29, 0.717) is 23.2 Å². The molecule has 6 aromatic rings. The first-order valence-corrected chi connectivity index (χ1v) is 34.7. The quantitative estimate of drug-likeness (QED) is 0.0226. The van der Waals surface area contributed by atoms with Gasteiger partial charge < -0.3 is 94.7 Å². The lowest BCUT2D eigenvalue weighted by Crippen LogP contribution is -2.67. The van der Waals surface area contributed by atoms with Crippen LogP contribution < -0.4 is 59.3 Å². The third-order valence-electron chi connectivity index (χ3n) is 18.4. The molecule has 0 bridgehead atoms. The zero-order valence-corrected chi connectivity index (χ0v) is 60.0. The second kappa shape index (κ2) is 37.9. The van der Waals surface area contributed by atoms with E-state index in [1.807, 2.05) is 72.8 Å². The molecule has 32 nitrogen and oxygen atoms in total. The molecule has 1 saturated heterocycles. The van der Waals surface area contributed by atoms with Crippen LogP contribution in [0.5, 0.6) is 0 Å². The lowest BCUT2D eigenvalue weighted by Gasteiger charge is -2.36. The zero-order chi connectivity index (χ0) is 79.2. The molecule has 0 spiro atoms. The number of imidazole rings is 1. The van der Waals surface area contributed by atoms with Crippen molar-refractivity contribution in [3.63, 3.8) is 0 Å². The molecule has 12 atom stereocenters. The van der Waals surface area contributed by atoms with E-state index in [1.54, 1.807) is 42.6 Å². The highest BCUT2D eigenvalue weighted by Gasteiger charge is 2.48. The van der Waals surface area contributed by atoms with E-state index in [1.165, 1.54) is 43.3 Å². The number of aromatic nitrogens is 2. The van der Waals surface area contributed by atoms with Crippen molar-refractivity contribution in [3.8, 4) is 22.3 Å². The number of halogens is 1. The van der Waals surface area contributed by atoms with E-state index in [-0.39, 0.29) is 37.8 Å². The molecule has 0 aliphatic carbocycles. The van der Waals surface area contributed by atoms with Crippen molar-refractivity contribution in [3.05, 3.63) is 174 Å². The van der Waals surface area contributed by atoms with Crippen molar-refractivity contribution in [2.75, 3.05) is 19.7 Å². The molecule has 2 heterocycles. The van der Waals surface area contributed by atoms with Crippen molar-refractivity contribution in [2.24, 2.45) is 11.5 Å². The highest BCUT2D eigenvalue weighted by atomic mass is 19.1. The Morgan fingerprint density at radius 1 is 0.602 bits per heavy atom. The highest BCUT2D eigenvalue weighted by molar-refractivity contribution is 6.01. The van der Waals surface area contributed by atoms with Gasteiger partial charge in [0, 0.05) is 44.8 Å². The van der Waals surface area contributed by atoms with Crippen LogP contribution in [0.15, 0.2) is 146 Å². The Morgan fingerprint density at radius 3 is 1.69 bits per heavy atom. The maximum Gasteiger partial charge on any atom is 0.305 e. The number of aliphatic hydroxyl groups excluding tert-OH is 3. The topological polar surface area (TPSA) is 515 Å². The Morgan fingerprint density at radius 2 is 1.14 bits per heavy atom. The van der Waals surface area contributed by atoms with Gasteiger partial charge in [-0.25, -0.2) is 9.37 Å². The Hall–Kier alpha value is -11.8. The Bertz CT molecular complexity index is 4200. The van der Waals surface area contributed by atoms with Gasteiger partial charge in [-0.2, -0.15) is 0 Å². The van der Waals surface area contributed by atoms with Gasteiger partial charge in [0.1, 0.15) is 58.7 Å². The van der Waals surface area contributed by atoms with Crippen LogP contribution in [-0.4, -0.2) is 208 Å². The van der Waals surface area contributed by atoms with Crippen LogP contribution in [0.1, 0.15) is 89.1 Å². The summed E-state index contributed by atoms with van der Waals surface area (Å²) in [6.07, 6.45) is -3.73. The van der Waals surface area contributed by atoms with Gasteiger partial charge in [-0.05, 0) is 98.9 Å². The van der Waals surface area contributed by atoms with Crippen molar-refractivity contribution in [1.82, 2.24) is 62.7 Å². The molecule has 5 aromatic carbocycles. The van der Waals surface area contributed by atoms with Crippen molar-refractivity contribution in [1.29, 1.82) is 0 Å². The highest BCUT2D eigenvalue weighted by Crippen LogP contribution is 2.31. The smallest absolute Gasteiger partial charge is 0.305 e. The monoisotopic (exact) mass is 1490 g/mol. The van der Waals surface area contributed by atoms with E-state index < -0.39 is 193 Å². The predicted octanol–water partition coefficient (Wildman–Crippen LogP) is -0.785. The number of nitrogens with two attached hydrogens (primary N) is 2. The average Bonchev–Trinajstić information content (AvgIpc) is 1.60. The summed E-state index contributed by atoms with van der Waals surface area (Å²) in [5.41, 5.74) is 11.1. The summed E-state index contributed by atoms with van der Waals surface area (Å²) in [6.45, 7) is 3.79. The van der Waals surface area contributed by atoms with Crippen LogP contribution >= 0.6 is 0 Å². The number of H-pyrrole nitrogens is 1. The number of nitrogens with one attached hydrogen (secondary N) is 10. The van der Waals surface area contributed by atoms with E-state index in [2.05, 4.69) is 57.8 Å². The number of likely N-dealkylation sites (tertiary alicyclic amines) is 1. The molecule has 0 saturated carbocycles. The number of rotatable bonds is 38. The number of carbonyl (C=O) groups is 13. The number of benzene rings is 5. The van der Waals surface area contributed by atoms with Gasteiger partial charge in [-0.3, -0.25) is 62.3 Å². The van der Waals surface area contributed by atoms with Crippen molar-refractivity contribution >= 4 is 76.9 Å². The third kappa shape index (κ3) is 22.9. The minimum absolute atomic E-state index is 0.0301. The number of hydrogen-bond donors (Lipinski definition) is 17. The maximum atomic E-state index is 15.5. The largest absolute Gasteiger partial charge is 0.481 e. The summed E-state index contributed by atoms with van der Waals surface area (Å²) in [4.78, 5) is 187. The maximum absolute atomic E-state index is 15.5. The number of aliphatic hydroxyl groups is 3. The minimum atomic E-state index is -2.42. The number of aromatic amines is 1. The summed E-state index contributed by atoms with van der Waals surface area (Å²) >= 11 is 0. The first kappa shape index (κ1) is 83.5. The first-order valence-electron chi connectivity index (χ1n) is 34.7. The summed E-state index contributed by atoms with van der Waals surface area (Å²) < 4.78 is 15.5. The molecule has 19 N–H and O–H groups in total. The fourth-order valence-corrected chi connectivity index (χ4v) is 12.2. The Labute approximate surface area is 620 Å². The lowest BCUT2D eigenvalue weighted by molar-refractivity contribution is -0.146. The summed E-state index contributed by atoms with van der Waals surface area (Å²) in [6, 6.07) is 25.0. The molecule has 108 heavy (non-hydrogen) atoms. The predicted molar refractivity (Wildman–Crippen MR) is 387 cm³/mol. The molecular weight excluding hydrogens is 1400 g/mol. The number of carboxylic acid groups (broad SMARTS) is 2. The number of hydrogen-bond acceptors (Lipinski definition) is 18. The molecule has 1 aliphatic heterocycles. The molecule has 1 unspecified atom stereocenters. The van der Waals surface area contributed by atoms with Gasteiger partial charge in [0.2, 0.25) is 65.0 Å². The van der Waals surface area contributed by atoms with E-state index >= 15 is 4.39 Å². The van der Waals surface area contributed by atoms with Gasteiger partial charge in [-0.1, -0.05) is 127 Å². The fraction of sp³-hybridized carbons (Fsp3) is 0.387. The number of aliphatic carboxylic acids is 2. The molecule has 1 fully saturated rings. The summed E-state index contributed by atoms with van der Waals surface area (Å²) in [7, 11) is 0. The second-order valence-corrected chi connectivity index (χ2v) is 27.1. The summed E-state index contributed by atoms with van der Waals surface area (Å²) in [5, 5.41) is 73.2. The minimum Gasteiger partial charge on any atom is -0.481 e. The van der Waals surface area contributed by atoms with Gasteiger partial charge >= 0.3 is 11.9 Å². The van der Waals surface area contributed by atoms with Crippen LogP contribution in [0.3, 0.4) is 0 Å². The molecule has 33 heteroatoms. The van der Waals surface area contributed by atoms with Crippen LogP contribution in [0, 0.1) is 5.82 Å². The molecule has 1 aromatic heterocycles. The lowest BCUT2D eigenvalue weighted by atomic mass is 9.90. The third-order valence-corrected chi connectivity index (χ3v) is 18.4. The fourth-order valence-electron chi connectivity index (χ4n) is 12.2. The van der Waals surface area contributed by atoms with Crippen LogP contribution in [-0.2, 0) is 88.0 Å². The second-order valence-electron chi connectivity index (χ2n) is 27.1. The van der Waals surface area contributed by atoms with Crippen LogP contribution in [0.2, 0.25) is 0 Å². The normalized spacial score (nSPS) is 16.9. The number of nitrogens with zero attached hydrogens (tertiary/aromatic N) is 2. The number of primary amides is 1. The number of carboxylic acids is 2. The number of carbonyl (C=O) groups excluding carboxylic acids is 11. The standard InChI is InChI=1S/C75H91FN14O18/c1-42(92)61(87-71(107)74(4,37-50-19-12-13-20-52(50)76)89-68(104)62(43(2)93)86-58(94)39-80-63(99)54(29-30-59(95)96)85-72(108)75(5)31-14-32-90(75)69(105)53(77)34-51-38-79-41-81-51)67(103)84-57(40-91)65(101)83-56(35-60(97)98)64(100)82-55(33-44-21-25-48(26-22-44)46-15-8-6-9-16-46)66(102)88-73(3,70(78)106)36-45-23-27-49(28-24-45)47-17-10-7-11-18-47/h6-13,15-28,38,41-43,53-57,61-62,91-93H,14,29-37,39-40,77H2,1-5H3,(H2,78,106)(H,79,81)(H,80,99)(H,82,100)(H,83,101)(H,84,103)(H,85,108)(H,86,94)(H,87,107)(H,88,102)(H,89,104)(H,95,96)(H,97,98)/t42-,43-,53+,54+,55+,56+,57+,61+,62+,73-,74?,75+/m1/s1. The van der Waals surface area contributed by atoms with Gasteiger partial charge in [0.15, 0.2) is 0 Å². The first-order chi connectivity index (χ1) is 51.1. The van der Waals surface area contributed by atoms with E-state index in [4.69, 9.17) is 11.5 Å². The molecule has 0 radical (unpaired) electrons. The zero-order valence-electron chi connectivity index (χ0n) is 60.0. The van der Waals surface area contributed by atoms with Gasteiger partial charge in [-0.15, -0.1) is 0 Å². The van der Waals surface area contributed by atoms with Gasteiger partial charge in [0.05, 0.1) is 49.8 Å². The van der Waals surface area contributed by atoms with Crippen LogP contribution in [0.25, 0.3) is 22.3 Å². The molecule has 576 valence electrons.